The molecule has 4 nitrogen and oxygen atoms in total. The minimum absolute atomic E-state index is 0.221. The van der Waals surface area contributed by atoms with E-state index < -0.39 is 0 Å². The minimum atomic E-state index is -0.221. The highest BCUT2D eigenvalue weighted by molar-refractivity contribution is 7.19. The average Bonchev–Trinajstić information content (AvgIpc) is 3.04. The van der Waals surface area contributed by atoms with Crippen molar-refractivity contribution in [3.63, 3.8) is 0 Å². The fraction of sp³-hybridized carbons (Fsp3) is 0.200. The zero-order chi connectivity index (χ0) is 14.8. The van der Waals surface area contributed by atoms with Crippen LogP contribution in [0.15, 0.2) is 30.3 Å². The number of benzene rings is 1. The Kier molecular flexibility index (Phi) is 3.94. The molecular formula is C15H13ClN2O2S. The van der Waals surface area contributed by atoms with Crippen molar-refractivity contribution in [3.8, 4) is 10.7 Å². The molecule has 3 aromatic rings. The van der Waals surface area contributed by atoms with E-state index in [9.17, 15) is 4.79 Å². The number of hydrogen-bond donors (Lipinski definition) is 1. The molecule has 2 heterocycles. The molecular weight excluding hydrogens is 308 g/mol. The molecule has 1 aromatic carbocycles. The summed E-state index contributed by atoms with van der Waals surface area (Å²) in [6.07, 6.45) is 0.267. The first kappa shape index (κ1) is 14.1. The van der Waals surface area contributed by atoms with Gasteiger partial charge in [-0.1, -0.05) is 17.7 Å². The monoisotopic (exact) mass is 320 g/mol. The molecule has 0 aliphatic carbocycles. The summed E-state index contributed by atoms with van der Waals surface area (Å²) in [4.78, 5) is 20.3. The number of halogens is 1. The van der Waals surface area contributed by atoms with Gasteiger partial charge in [0.05, 0.1) is 33.3 Å². The zero-order valence-electron chi connectivity index (χ0n) is 11.4. The lowest BCUT2D eigenvalue weighted by Crippen LogP contribution is -2.07. The van der Waals surface area contributed by atoms with Crippen LogP contribution in [0.25, 0.3) is 21.7 Å². The van der Waals surface area contributed by atoms with E-state index >= 15 is 0 Å². The van der Waals surface area contributed by atoms with Gasteiger partial charge < -0.3 is 9.72 Å². The number of ether oxygens (including phenoxy) is 1. The Morgan fingerprint density at radius 3 is 2.95 bits per heavy atom. The molecule has 0 aliphatic rings. The Labute approximate surface area is 130 Å². The second kappa shape index (κ2) is 5.87. The Morgan fingerprint density at radius 1 is 1.38 bits per heavy atom. The van der Waals surface area contributed by atoms with Gasteiger partial charge >= 0.3 is 5.97 Å². The molecule has 2 aromatic heterocycles. The third-order valence-corrected chi connectivity index (χ3v) is 4.24. The molecule has 0 saturated carbocycles. The summed E-state index contributed by atoms with van der Waals surface area (Å²) in [5.41, 5.74) is 2.67. The van der Waals surface area contributed by atoms with Gasteiger partial charge in [-0.3, -0.25) is 4.79 Å². The first-order valence-electron chi connectivity index (χ1n) is 6.55. The number of thiophene rings is 1. The van der Waals surface area contributed by atoms with E-state index in [2.05, 4.69) is 9.97 Å². The molecule has 0 unspecified atom stereocenters. The number of fused-ring (bicyclic) bond motifs is 1. The number of carbonyl (C=O) groups is 1. The van der Waals surface area contributed by atoms with E-state index in [1.54, 1.807) is 6.92 Å². The van der Waals surface area contributed by atoms with E-state index in [-0.39, 0.29) is 12.4 Å². The van der Waals surface area contributed by atoms with Gasteiger partial charge in [0.15, 0.2) is 0 Å². The maximum absolute atomic E-state index is 11.5. The van der Waals surface area contributed by atoms with Crippen LogP contribution in [0, 0.1) is 0 Å². The number of rotatable bonds is 4. The van der Waals surface area contributed by atoms with Crippen molar-refractivity contribution < 1.29 is 9.53 Å². The highest BCUT2D eigenvalue weighted by Crippen LogP contribution is 2.30. The van der Waals surface area contributed by atoms with Crippen LogP contribution in [0.4, 0.5) is 0 Å². The Bertz CT molecular complexity index is 794. The lowest BCUT2D eigenvalue weighted by molar-refractivity contribution is -0.142. The van der Waals surface area contributed by atoms with Gasteiger partial charge in [0.1, 0.15) is 5.82 Å². The lowest BCUT2D eigenvalue weighted by atomic mass is 10.1. The van der Waals surface area contributed by atoms with Crippen molar-refractivity contribution in [1.82, 2.24) is 9.97 Å². The number of hydrogen-bond acceptors (Lipinski definition) is 4. The second-order valence-corrected chi connectivity index (χ2v) is 6.24. The van der Waals surface area contributed by atoms with Crippen LogP contribution in [0.3, 0.4) is 0 Å². The van der Waals surface area contributed by atoms with Gasteiger partial charge in [-0.2, -0.15) is 0 Å². The van der Waals surface area contributed by atoms with Crippen LogP contribution in [-0.4, -0.2) is 22.5 Å². The Hall–Kier alpha value is -1.85. The molecule has 21 heavy (non-hydrogen) atoms. The van der Waals surface area contributed by atoms with Gasteiger partial charge in [-0.05, 0) is 36.8 Å². The standard InChI is InChI=1S/C15H13ClN2O2S/c1-2-20-14(19)8-9-3-4-10-11(7-9)18-15(17-10)12-5-6-13(16)21-12/h3-7H,2,8H2,1H3,(H,17,18). The third-order valence-electron chi connectivity index (χ3n) is 3.01. The summed E-state index contributed by atoms with van der Waals surface area (Å²) in [5.74, 6) is 0.566. The molecule has 0 aliphatic heterocycles. The maximum Gasteiger partial charge on any atom is 0.310 e. The van der Waals surface area contributed by atoms with Crippen molar-refractivity contribution in [1.29, 1.82) is 0 Å². The molecule has 0 spiro atoms. The first-order chi connectivity index (χ1) is 10.2. The maximum atomic E-state index is 11.5. The highest BCUT2D eigenvalue weighted by atomic mass is 35.5. The third kappa shape index (κ3) is 3.09. The number of H-pyrrole nitrogens is 1. The Balaban J connectivity index is 1.90. The summed E-state index contributed by atoms with van der Waals surface area (Å²) < 4.78 is 5.69. The fourth-order valence-corrected chi connectivity index (χ4v) is 3.09. The predicted octanol–water partition coefficient (Wildman–Crippen LogP) is 4.05. The van der Waals surface area contributed by atoms with E-state index in [0.717, 1.165) is 31.6 Å². The molecule has 0 fully saturated rings. The van der Waals surface area contributed by atoms with E-state index in [4.69, 9.17) is 16.3 Å². The van der Waals surface area contributed by atoms with Crippen molar-refractivity contribution >= 4 is 39.9 Å². The highest BCUT2D eigenvalue weighted by Gasteiger charge is 2.10. The van der Waals surface area contributed by atoms with Crippen molar-refractivity contribution in [3.05, 3.63) is 40.2 Å². The van der Waals surface area contributed by atoms with Gasteiger partial charge in [-0.25, -0.2) is 4.98 Å². The van der Waals surface area contributed by atoms with E-state index in [1.807, 2.05) is 30.3 Å². The van der Waals surface area contributed by atoms with Crippen molar-refractivity contribution in [2.45, 2.75) is 13.3 Å². The quantitative estimate of drug-likeness (QED) is 0.738. The van der Waals surface area contributed by atoms with Crippen LogP contribution in [-0.2, 0) is 16.0 Å². The SMILES string of the molecule is CCOC(=O)Cc1ccc2nc(-c3ccc(Cl)s3)[nH]c2c1. The molecule has 0 amide bonds. The number of aromatic amines is 1. The van der Waals surface area contributed by atoms with Crippen molar-refractivity contribution in [2.24, 2.45) is 0 Å². The normalized spacial score (nSPS) is 11.0. The van der Waals surface area contributed by atoms with Gasteiger partial charge in [-0.15, -0.1) is 11.3 Å². The number of carbonyl (C=O) groups excluding carboxylic acids is 1. The lowest BCUT2D eigenvalue weighted by Gasteiger charge is -2.01. The largest absolute Gasteiger partial charge is 0.466 e. The smallest absolute Gasteiger partial charge is 0.310 e. The number of nitrogens with zero attached hydrogens (tertiary/aromatic N) is 1. The molecule has 3 rings (SSSR count). The Morgan fingerprint density at radius 2 is 2.24 bits per heavy atom. The van der Waals surface area contributed by atoms with Crippen LogP contribution in [0.5, 0.6) is 0 Å². The number of imidazole rings is 1. The zero-order valence-corrected chi connectivity index (χ0v) is 12.9. The van der Waals surface area contributed by atoms with Crippen LogP contribution >= 0.6 is 22.9 Å². The molecule has 108 valence electrons. The molecule has 0 atom stereocenters. The van der Waals surface area contributed by atoms with Crippen molar-refractivity contribution in [2.75, 3.05) is 6.61 Å². The van der Waals surface area contributed by atoms with Crippen LogP contribution in [0.1, 0.15) is 12.5 Å². The average molecular weight is 321 g/mol. The fourth-order valence-electron chi connectivity index (χ4n) is 2.10. The molecule has 6 heteroatoms. The summed E-state index contributed by atoms with van der Waals surface area (Å²) in [7, 11) is 0. The van der Waals surface area contributed by atoms with Crippen LogP contribution < -0.4 is 0 Å². The molecule has 0 radical (unpaired) electrons. The number of aromatic nitrogens is 2. The first-order valence-corrected chi connectivity index (χ1v) is 7.75. The predicted molar refractivity (Wildman–Crippen MR) is 84.8 cm³/mol. The van der Waals surface area contributed by atoms with Gasteiger partial charge in [0, 0.05) is 0 Å². The summed E-state index contributed by atoms with van der Waals surface area (Å²) >= 11 is 7.42. The number of nitrogens with one attached hydrogen (secondary N) is 1. The minimum Gasteiger partial charge on any atom is -0.466 e. The number of esters is 1. The van der Waals surface area contributed by atoms with Gasteiger partial charge in [0.25, 0.3) is 0 Å². The molecule has 0 saturated heterocycles. The van der Waals surface area contributed by atoms with Crippen LogP contribution in [0.2, 0.25) is 4.34 Å². The van der Waals surface area contributed by atoms with E-state index in [0.29, 0.717) is 6.61 Å². The second-order valence-electron chi connectivity index (χ2n) is 4.52. The van der Waals surface area contributed by atoms with Gasteiger partial charge in [0.2, 0.25) is 0 Å². The molecule has 1 N–H and O–H groups in total. The summed E-state index contributed by atoms with van der Waals surface area (Å²) in [6, 6.07) is 9.51. The summed E-state index contributed by atoms with van der Waals surface area (Å²) in [6.45, 7) is 2.20. The topological polar surface area (TPSA) is 55.0 Å². The molecule has 0 bridgehead atoms. The summed E-state index contributed by atoms with van der Waals surface area (Å²) in [5, 5.41) is 0. The van der Waals surface area contributed by atoms with E-state index in [1.165, 1.54) is 11.3 Å².